The van der Waals surface area contributed by atoms with Gasteiger partial charge in [0.05, 0.1) is 0 Å². The first-order valence-corrected chi connectivity index (χ1v) is 14.8. The van der Waals surface area contributed by atoms with E-state index in [0.717, 1.165) is 23.7 Å². The second-order valence-corrected chi connectivity index (χ2v) is 11.7. The van der Waals surface area contributed by atoms with Gasteiger partial charge in [0.15, 0.2) is 0 Å². The van der Waals surface area contributed by atoms with Gasteiger partial charge in [-0.1, -0.05) is 141 Å². The van der Waals surface area contributed by atoms with Crippen LogP contribution in [0.15, 0.2) is 24.3 Å². The van der Waals surface area contributed by atoms with Gasteiger partial charge in [-0.3, -0.25) is 0 Å². The zero-order valence-corrected chi connectivity index (χ0v) is 21.8. The third-order valence-corrected chi connectivity index (χ3v) is 9.05. The highest BCUT2D eigenvalue weighted by Gasteiger charge is 2.21. The van der Waals surface area contributed by atoms with Crippen molar-refractivity contribution in [2.24, 2.45) is 23.7 Å². The van der Waals surface area contributed by atoms with Gasteiger partial charge in [0, 0.05) is 0 Å². The lowest BCUT2D eigenvalue weighted by molar-refractivity contribution is 0.248. The Hall–Kier alpha value is -0.780. The van der Waals surface area contributed by atoms with Crippen molar-refractivity contribution in [1.29, 1.82) is 0 Å². The van der Waals surface area contributed by atoms with Gasteiger partial charge in [-0.2, -0.15) is 0 Å². The molecule has 0 atom stereocenters. The van der Waals surface area contributed by atoms with Crippen molar-refractivity contribution in [3.05, 3.63) is 35.4 Å². The van der Waals surface area contributed by atoms with E-state index in [4.69, 9.17) is 0 Å². The summed E-state index contributed by atoms with van der Waals surface area (Å²) in [4.78, 5) is 0. The van der Waals surface area contributed by atoms with Crippen molar-refractivity contribution in [1.82, 2.24) is 0 Å². The molecule has 2 saturated carbocycles. The van der Waals surface area contributed by atoms with E-state index >= 15 is 0 Å². The molecule has 1 aromatic rings. The Labute approximate surface area is 201 Å². The fourth-order valence-corrected chi connectivity index (χ4v) is 6.68. The van der Waals surface area contributed by atoms with E-state index in [1.54, 1.807) is 11.1 Å². The number of benzene rings is 1. The Kier molecular flexibility index (Phi) is 12.3. The molecule has 1 aromatic carbocycles. The molecule has 0 nitrogen and oxygen atoms in total. The summed E-state index contributed by atoms with van der Waals surface area (Å²) in [5.41, 5.74) is 3.15. The van der Waals surface area contributed by atoms with Crippen LogP contribution in [-0.2, 0) is 12.8 Å². The fraction of sp³-hybridized carbons (Fsp3) is 0.812. The van der Waals surface area contributed by atoms with Crippen LogP contribution in [-0.4, -0.2) is 0 Å². The molecule has 0 aliphatic heterocycles. The van der Waals surface area contributed by atoms with Crippen LogP contribution in [0.4, 0.5) is 0 Å². The molecule has 0 spiro atoms. The summed E-state index contributed by atoms with van der Waals surface area (Å²) < 4.78 is 0. The summed E-state index contributed by atoms with van der Waals surface area (Å²) in [5.74, 6) is 4.08. The van der Waals surface area contributed by atoms with Crippen LogP contribution >= 0.6 is 0 Å². The SMILES string of the molecule is CCCCCCCC1CCC(CCc2ccc(CCC3CCC(CCC)CC3)cc2)CC1. The Morgan fingerprint density at radius 1 is 0.469 bits per heavy atom. The van der Waals surface area contributed by atoms with Crippen LogP contribution in [0.5, 0.6) is 0 Å². The highest BCUT2D eigenvalue weighted by Crippen LogP contribution is 2.35. The molecule has 32 heavy (non-hydrogen) atoms. The van der Waals surface area contributed by atoms with Gasteiger partial charge in [-0.25, -0.2) is 0 Å². The topological polar surface area (TPSA) is 0 Å². The molecule has 0 unspecified atom stereocenters. The molecule has 2 aliphatic carbocycles. The molecule has 0 amide bonds. The lowest BCUT2D eigenvalue weighted by Gasteiger charge is -2.28. The lowest BCUT2D eigenvalue weighted by Crippen LogP contribution is -2.15. The molecule has 0 aromatic heterocycles. The summed E-state index contributed by atoms with van der Waals surface area (Å²) in [6.45, 7) is 4.66. The standard InChI is InChI=1S/C32H54/c1-3-5-6-7-8-10-28-13-17-30(18-14-28)20-22-32-25-23-31(24-26-32)21-19-29-15-11-27(9-4-2)12-16-29/h23-30H,3-22H2,1-2H3. The molecule has 0 saturated heterocycles. The molecule has 0 radical (unpaired) electrons. The Morgan fingerprint density at radius 3 is 1.31 bits per heavy atom. The summed E-state index contributed by atoms with van der Waals surface area (Å²) in [6.07, 6.45) is 29.0. The van der Waals surface area contributed by atoms with Gasteiger partial charge in [0.2, 0.25) is 0 Å². The van der Waals surface area contributed by atoms with Crippen molar-refractivity contribution >= 4 is 0 Å². The van der Waals surface area contributed by atoms with Crippen molar-refractivity contribution < 1.29 is 0 Å². The van der Waals surface area contributed by atoms with Crippen molar-refractivity contribution in [3.63, 3.8) is 0 Å². The maximum atomic E-state index is 2.44. The summed E-state index contributed by atoms with van der Waals surface area (Å²) in [5, 5.41) is 0. The van der Waals surface area contributed by atoms with Crippen LogP contribution < -0.4 is 0 Å². The van der Waals surface area contributed by atoms with Gasteiger partial charge in [0.25, 0.3) is 0 Å². The van der Waals surface area contributed by atoms with Crippen LogP contribution in [0.25, 0.3) is 0 Å². The van der Waals surface area contributed by atoms with Gasteiger partial charge >= 0.3 is 0 Å². The Morgan fingerprint density at radius 2 is 0.875 bits per heavy atom. The van der Waals surface area contributed by atoms with Crippen LogP contribution in [0.2, 0.25) is 0 Å². The predicted molar refractivity (Wildman–Crippen MR) is 142 cm³/mol. The van der Waals surface area contributed by atoms with Crippen LogP contribution in [0, 0.1) is 23.7 Å². The summed E-state index contributed by atoms with van der Waals surface area (Å²) in [6, 6.07) is 9.76. The maximum absolute atomic E-state index is 2.44. The molecule has 3 rings (SSSR count). The smallest absolute Gasteiger partial charge is 0.0276 e. The van der Waals surface area contributed by atoms with E-state index in [1.807, 2.05) is 0 Å². The van der Waals surface area contributed by atoms with Crippen molar-refractivity contribution in [2.45, 2.75) is 142 Å². The maximum Gasteiger partial charge on any atom is -0.0276 e. The second-order valence-electron chi connectivity index (χ2n) is 11.7. The molecule has 0 heteroatoms. The van der Waals surface area contributed by atoms with Gasteiger partial charge in [-0.15, -0.1) is 0 Å². The average molecular weight is 439 g/mol. The zero-order chi connectivity index (χ0) is 22.4. The molecule has 182 valence electrons. The summed E-state index contributed by atoms with van der Waals surface area (Å²) in [7, 11) is 0. The first-order valence-electron chi connectivity index (χ1n) is 14.8. The third-order valence-electron chi connectivity index (χ3n) is 9.05. The first kappa shape index (κ1) is 25.8. The number of hydrogen-bond acceptors (Lipinski definition) is 0. The quantitative estimate of drug-likeness (QED) is 0.253. The normalized spacial score (nSPS) is 26.3. The molecule has 2 aliphatic rings. The molecular weight excluding hydrogens is 384 g/mol. The number of aryl methyl sites for hydroxylation is 2. The van der Waals surface area contributed by atoms with E-state index < -0.39 is 0 Å². The van der Waals surface area contributed by atoms with Crippen molar-refractivity contribution in [2.75, 3.05) is 0 Å². The molecule has 0 N–H and O–H groups in total. The largest absolute Gasteiger partial charge is 0.0654 e. The Balaban J connectivity index is 1.25. The average Bonchev–Trinajstić information content (AvgIpc) is 2.84. The molecule has 2 fully saturated rings. The van der Waals surface area contributed by atoms with Crippen LogP contribution in [0.3, 0.4) is 0 Å². The van der Waals surface area contributed by atoms with E-state index in [2.05, 4.69) is 38.1 Å². The predicted octanol–water partition coefficient (Wildman–Crippen LogP) is 10.3. The first-order chi connectivity index (χ1) is 15.8. The lowest BCUT2D eigenvalue weighted by atomic mass is 9.77. The minimum absolute atomic E-state index is 0.994. The van der Waals surface area contributed by atoms with Gasteiger partial charge in [-0.05, 0) is 60.5 Å². The third kappa shape index (κ3) is 9.61. The second kappa shape index (κ2) is 15.2. The highest BCUT2D eigenvalue weighted by atomic mass is 14.3. The summed E-state index contributed by atoms with van der Waals surface area (Å²) >= 11 is 0. The van der Waals surface area contributed by atoms with E-state index in [9.17, 15) is 0 Å². The van der Waals surface area contributed by atoms with Gasteiger partial charge < -0.3 is 0 Å². The molecule has 0 bridgehead atoms. The minimum Gasteiger partial charge on any atom is -0.0654 e. The Bertz CT molecular complexity index is 569. The molecular formula is C32H54. The van der Waals surface area contributed by atoms with Crippen LogP contribution in [0.1, 0.15) is 141 Å². The number of hydrogen-bond donors (Lipinski definition) is 0. The number of rotatable bonds is 14. The highest BCUT2D eigenvalue weighted by molar-refractivity contribution is 5.22. The van der Waals surface area contributed by atoms with Gasteiger partial charge in [0.1, 0.15) is 0 Å². The fourth-order valence-electron chi connectivity index (χ4n) is 6.68. The monoisotopic (exact) mass is 438 g/mol. The van der Waals surface area contributed by atoms with Crippen molar-refractivity contribution in [3.8, 4) is 0 Å². The minimum atomic E-state index is 0.994. The van der Waals surface area contributed by atoms with E-state index in [-0.39, 0.29) is 0 Å². The molecule has 0 heterocycles. The zero-order valence-electron chi connectivity index (χ0n) is 21.8. The van der Waals surface area contributed by atoms with E-state index in [1.165, 1.54) is 128 Å². The van der Waals surface area contributed by atoms with E-state index in [0.29, 0.717) is 0 Å². The number of unbranched alkanes of at least 4 members (excludes halogenated alkanes) is 4.